The van der Waals surface area contributed by atoms with Crippen molar-refractivity contribution in [2.75, 3.05) is 12.3 Å². The average Bonchev–Trinajstić information content (AvgIpc) is 3.07. The van der Waals surface area contributed by atoms with Gasteiger partial charge in [0.1, 0.15) is 0 Å². The van der Waals surface area contributed by atoms with Crippen molar-refractivity contribution in [1.82, 2.24) is 15.1 Å². The first-order valence-corrected chi connectivity index (χ1v) is 8.21. The minimum Gasteiger partial charge on any atom is -0.395 e. The van der Waals surface area contributed by atoms with Crippen molar-refractivity contribution in [1.29, 1.82) is 0 Å². The molecule has 0 saturated heterocycles. The second-order valence-electron chi connectivity index (χ2n) is 5.44. The van der Waals surface area contributed by atoms with Crippen LogP contribution in [0.3, 0.4) is 0 Å². The summed E-state index contributed by atoms with van der Waals surface area (Å²) in [5.41, 5.74) is 9.06. The Morgan fingerprint density at radius 1 is 1.62 bits per heavy atom. The largest absolute Gasteiger partial charge is 0.395 e. The molecule has 0 aromatic carbocycles. The summed E-state index contributed by atoms with van der Waals surface area (Å²) in [6, 6.07) is 2.19. The van der Waals surface area contributed by atoms with Crippen LogP contribution < -0.4 is 5.73 Å². The van der Waals surface area contributed by atoms with Crippen LogP contribution in [0.5, 0.6) is 0 Å². The van der Waals surface area contributed by atoms with Crippen molar-refractivity contribution in [3.8, 4) is 0 Å². The van der Waals surface area contributed by atoms with E-state index in [1.54, 1.807) is 11.3 Å². The van der Waals surface area contributed by atoms with Gasteiger partial charge in [-0.1, -0.05) is 13.3 Å². The van der Waals surface area contributed by atoms with Crippen LogP contribution >= 0.6 is 11.3 Å². The highest BCUT2D eigenvalue weighted by molar-refractivity contribution is 7.10. The van der Waals surface area contributed by atoms with E-state index in [9.17, 15) is 4.79 Å². The highest BCUT2D eigenvalue weighted by Crippen LogP contribution is 2.34. The molecule has 0 bridgehead atoms. The predicted molar refractivity (Wildman–Crippen MR) is 84.5 cm³/mol. The summed E-state index contributed by atoms with van der Waals surface area (Å²) in [4.78, 5) is 16.0. The molecule has 3 N–H and O–H groups in total. The van der Waals surface area contributed by atoms with Gasteiger partial charge in [0.25, 0.3) is 5.91 Å². The third-order valence-corrected chi connectivity index (χ3v) is 5.12. The monoisotopic (exact) mass is 304 g/mol. The van der Waals surface area contributed by atoms with Gasteiger partial charge < -0.3 is 10.6 Å². The maximum absolute atomic E-state index is 12.7. The van der Waals surface area contributed by atoms with Gasteiger partial charge in [-0.15, -0.1) is 11.3 Å². The molecular weight excluding hydrogens is 284 g/mol. The third kappa shape index (κ3) is 2.33. The number of anilines is 1. The topological polar surface area (TPSA) is 75.0 Å². The lowest BCUT2D eigenvalue weighted by atomic mass is 10.0. The summed E-state index contributed by atoms with van der Waals surface area (Å²) in [6.07, 6.45) is 2.70. The van der Waals surface area contributed by atoms with Crippen LogP contribution in [-0.2, 0) is 12.8 Å². The van der Waals surface area contributed by atoms with Crippen molar-refractivity contribution in [2.24, 2.45) is 0 Å². The van der Waals surface area contributed by atoms with E-state index >= 15 is 0 Å². The van der Waals surface area contributed by atoms with Gasteiger partial charge in [0.05, 0.1) is 17.4 Å². The summed E-state index contributed by atoms with van der Waals surface area (Å²) in [5, 5.41) is 9.15. The van der Waals surface area contributed by atoms with Crippen LogP contribution in [0, 0.1) is 0 Å². The second kappa shape index (κ2) is 5.52. The van der Waals surface area contributed by atoms with Crippen molar-refractivity contribution in [3.63, 3.8) is 0 Å². The van der Waals surface area contributed by atoms with Crippen molar-refractivity contribution in [2.45, 2.75) is 39.2 Å². The Balaban J connectivity index is 1.86. The number of nitrogens with zero attached hydrogens (tertiary/aromatic N) is 2. The van der Waals surface area contributed by atoms with E-state index in [1.165, 1.54) is 10.4 Å². The van der Waals surface area contributed by atoms with E-state index in [4.69, 9.17) is 5.73 Å². The molecule has 6 heteroatoms. The van der Waals surface area contributed by atoms with Crippen LogP contribution in [-0.4, -0.2) is 27.5 Å². The summed E-state index contributed by atoms with van der Waals surface area (Å²) in [6.45, 7) is 4.87. The van der Waals surface area contributed by atoms with E-state index in [0.29, 0.717) is 11.4 Å². The molecule has 3 rings (SSSR count). The number of aromatic amines is 1. The number of carbonyl (C=O) groups excluding carboxylic acids is 1. The number of carbonyl (C=O) groups is 1. The number of nitrogen functional groups attached to an aromatic ring is 1. The van der Waals surface area contributed by atoms with Gasteiger partial charge in [0, 0.05) is 11.4 Å². The summed E-state index contributed by atoms with van der Waals surface area (Å²) < 4.78 is 0. The maximum atomic E-state index is 12.7. The Kier molecular flexibility index (Phi) is 3.71. The van der Waals surface area contributed by atoms with Gasteiger partial charge in [-0.25, -0.2) is 0 Å². The molecule has 2 aromatic rings. The quantitative estimate of drug-likeness (QED) is 0.915. The number of H-pyrrole nitrogens is 1. The van der Waals surface area contributed by atoms with Crippen LogP contribution in [0.1, 0.15) is 52.9 Å². The van der Waals surface area contributed by atoms with Crippen LogP contribution in [0.4, 0.5) is 5.69 Å². The number of hydrogen-bond acceptors (Lipinski definition) is 4. The predicted octanol–water partition coefficient (Wildman–Crippen LogP) is 2.77. The van der Waals surface area contributed by atoms with Gasteiger partial charge >= 0.3 is 0 Å². The van der Waals surface area contributed by atoms with Gasteiger partial charge in [0.2, 0.25) is 0 Å². The number of rotatable bonds is 3. The smallest absolute Gasteiger partial charge is 0.277 e. The molecule has 3 heterocycles. The molecule has 1 atom stereocenters. The zero-order chi connectivity index (χ0) is 15.0. The molecule has 1 amide bonds. The van der Waals surface area contributed by atoms with E-state index in [-0.39, 0.29) is 11.9 Å². The van der Waals surface area contributed by atoms with Gasteiger partial charge in [-0.05, 0) is 36.8 Å². The minimum absolute atomic E-state index is 0.0737. The molecule has 5 nitrogen and oxygen atoms in total. The first kappa shape index (κ1) is 14.1. The van der Waals surface area contributed by atoms with Gasteiger partial charge in [0.15, 0.2) is 5.69 Å². The summed E-state index contributed by atoms with van der Waals surface area (Å²) in [5.74, 6) is -0.0737. The number of aryl methyl sites for hydroxylation is 1. The Bertz CT molecular complexity index is 660. The Morgan fingerprint density at radius 2 is 2.43 bits per heavy atom. The fraction of sp³-hybridized carbons (Fsp3) is 0.467. The molecular formula is C15H20N4OS. The zero-order valence-electron chi connectivity index (χ0n) is 12.3. The lowest BCUT2D eigenvalue weighted by molar-refractivity contribution is 0.0674. The molecule has 2 aromatic heterocycles. The third-order valence-electron chi connectivity index (χ3n) is 4.12. The highest BCUT2D eigenvalue weighted by atomic mass is 32.1. The van der Waals surface area contributed by atoms with Crippen molar-refractivity contribution in [3.05, 3.63) is 33.3 Å². The molecule has 1 aliphatic heterocycles. The van der Waals surface area contributed by atoms with E-state index in [1.807, 2.05) is 4.90 Å². The Hall–Kier alpha value is -1.82. The molecule has 0 aliphatic carbocycles. The number of aromatic nitrogens is 2. The number of hydrogen-bond donors (Lipinski definition) is 2. The normalized spacial score (nSPS) is 17.8. The zero-order valence-corrected chi connectivity index (χ0v) is 13.2. The fourth-order valence-corrected chi connectivity index (χ4v) is 3.88. The lowest BCUT2D eigenvalue weighted by Crippen LogP contribution is -2.38. The lowest BCUT2D eigenvalue weighted by Gasteiger charge is -2.33. The number of amides is 1. The minimum atomic E-state index is -0.0737. The van der Waals surface area contributed by atoms with Crippen LogP contribution in [0.15, 0.2) is 11.4 Å². The molecule has 1 unspecified atom stereocenters. The molecule has 0 fully saturated rings. The number of nitrogens with two attached hydrogens (primary N) is 1. The van der Waals surface area contributed by atoms with Crippen molar-refractivity contribution < 1.29 is 4.79 Å². The molecule has 0 radical (unpaired) electrons. The van der Waals surface area contributed by atoms with E-state index in [2.05, 4.69) is 35.5 Å². The standard InChI is InChI=1S/C15H20N4OS/c1-3-4-11-13(16)14(18-17-11)15(20)19-7-5-12-10(9(19)2)6-8-21-12/h6,8-9H,3-5,7,16H2,1-2H3,(H,17,18). The Labute approximate surface area is 128 Å². The van der Waals surface area contributed by atoms with E-state index in [0.717, 1.165) is 31.5 Å². The van der Waals surface area contributed by atoms with Gasteiger partial charge in [-0.3, -0.25) is 9.89 Å². The molecule has 0 spiro atoms. The van der Waals surface area contributed by atoms with Crippen LogP contribution in [0.25, 0.3) is 0 Å². The average molecular weight is 304 g/mol. The molecule has 0 saturated carbocycles. The van der Waals surface area contributed by atoms with Crippen molar-refractivity contribution >= 4 is 22.9 Å². The molecule has 112 valence electrons. The number of fused-ring (bicyclic) bond motifs is 1. The molecule has 1 aliphatic rings. The summed E-state index contributed by atoms with van der Waals surface area (Å²) in [7, 11) is 0. The SMILES string of the molecule is CCCc1[nH]nc(C(=O)N2CCc3sccc3C2C)c1N. The highest BCUT2D eigenvalue weighted by Gasteiger charge is 2.31. The number of nitrogens with one attached hydrogen (secondary N) is 1. The van der Waals surface area contributed by atoms with Crippen LogP contribution in [0.2, 0.25) is 0 Å². The maximum Gasteiger partial charge on any atom is 0.277 e. The van der Waals surface area contributed by atoms with Gasteiger partial charge in [-0.2, -0.15) is 5.10 Å². The fourth-order valence-electron chi connectivity index (χ4n) is 2.91. The Morgan fingerprint density at radius 3 is 3.19 bits per heavy atom. The number of thiophene rings is 1. The first-order valence-electron chi connectivity index (χ1n) is 7.33. The molecule has 21 heavy (non-hydrogen) atoms. The van der Waals surface area contributed by atoms with E-state index < -0.39 is 0 Å². The first-order chi connectivity index (χ1) is 10.1. The second-order valence-corrected chi connectivity index (χ2v) is 6.44. The summed E-state index contributed by atoms with van der Waals surface area (Å²) >= 11 is 1.77.